The molecule has 2 saturated heterocycles. The second-order valence-electron chi connectivity index (χ2n) is 8.72. The molecule has 1 saturated carbocycles. The second kappa shape index (κ2) is 6.67. The number of carbonyl (C=O) groups excluding carboxylic acids is 3. The molecule has 3 amide bonds. The van der Waals surface area contributed by atoms with Crippen LogP contribution in [-0.2, 0) is 22.7 Å². The summed E-state index contributed by atoms with van der Waals surface area (Å²) in [5.74, 6) is 0.0366. The van der Waals surface area contributed by atoms with Crippen LogP contribution in [0.25, 0.3) is 0 Å². The molecule has 2 atom stereocenters. The van der Waals surface area contributed by atoms with Gasteiger partial charge in [-0.3, -0.25) is 19.7 Å². The number of rotatable bonds is 5. The fourth-order valence-electron chi connectivity index (χ4n) is 5.12. The zero-order chi connectivity index (χ0) is 19.3. The molecule has 7 nitrogen and oxygen atoms in total. The van der Waals surface area contributed by atoms with E-state index in [1.165, 1.54) is 12.8 Å². The number of carbonyl (C=O) groups is 3. The Kier molecular flexibility index (Phi) is 4.25. The molecule has 1 aromatic rings. The number of hydrogen-bond acceptors (Lipinski definition) is 5. The van der Waals surface area contributed by atoms with Crippen molar-refractivity contribution >= 4 is 17.7 Å². The third-order valence-corrected chi connectivity index (χ3v) is 7.12. The van der Waals surface area contributed by atoms with Crippen LogP contribution >= 0.6 is 0 Å². The lowest BCUT2D eigenvalue weighted by Crippen LogP contribution is -2.64. The normalized spacial score (nSPS) is 28.0. The number of piperidine rings is 1. The Morgan fingerprint density at radius 2 is 2.04 bits per heavy atom. The Bertz CT molecular complexity index is 843. The van der Waals surface area contributed by atoms with Crippen molar-refractivity contribution in [2.45, 2.75) is 44.8 Å². The van der Waals surface area contributed by atoms with E-state index in [4.69, 9.17) is 0 Å². The minimum absolute atomic E-state index is 0.113. The van der Waals surface area contributed by atoms with Gasteiger partial charge in [0.2, 0.25) is 11.8 Å². The average molecular weight is 382 g/mol. The Hall–Kier alpha value is -2.25. The Morgan fingerprint density at radius 3 is 2.71 bits per heavy atom. The highest BCUT2D eigenvalue weighted by Crippen LogP contribution is 2.49. The van der Waals surface area contributed by atoms with Gasteiger partial charge in [-0.15, -0.1) is 0 Å². The fraction of sp³-hybridized carbons (Fsp3) is 0.571. The van der Waals surface area contributed by atoms with Gasteiger partial charge in [-0.1, -0.05) is 12.1 Å². The summed E-state index contributed by atoms with van der Waals surface area (Å²) < 4.78 is 0. The standard InChI is InChI=1S/C21H26N4O3/c26-18-4-3-17(19(27)24-18)25-10-14-7-13(1-2-16(14)20(25)28)8-22-9-15-5-6-21(15)11-23-12-21/h1-2,7,15,17,22-23H,3-6,8-12H2,(H,24,26,27). The van der Waals surface area contributed by atoms with Crippen LogP contribution in [0.1, 0.15) is 47.2 Å². The molecule has 2 unspecified atom stereocenters. The van der Waals surface area contributed by atoms with Crippen molar-refractivity contribution in [1.82, 2.24) is 20.9 Å². The van der Waals surface area contributed by atoms with E-state index in [1.54, 1.807) is 4.90 Å². The first-order valence-corrected chi connectivity index (χ1v) is 10.2. The SMILES string of the molecule is O=C1CCC(N2Cc3cc(CNCC4CCC45CNC5)ccc3C2=O)C(=O)N1. The van der Waals surface area contributed by atoms with Crippen molar-refractivity contribution in [3.05, 3.63) is 34.9 Å². The van der Waals surface area contributed by atoms with Crippen molar-refractivity contribution in [2.75, 3.05) is 19.6 Å². The van der Waals surface area contributed by atoms with Gasteiger partial charge < -0.3 is 15.5 Å². The maximum Gasteiger partial charge on any atom is 0.255 e. The quantitative estimate of drug-likeness (QED) is 0.647. The van der Waals surface area contributed by atoms with E-state index in [0.717, 1.165) is 43.2 Å². The summed E-state index contributed by atoms with van der Waals surface area (Å²) in [4.78, 5) is 37.8. The summed E-state index contributed by atoms with van der Waals surface area (Å²) in [7, 11) is 0. The molecule has 148 valence electrons. The summed E-state index contributed by atoms with van der Waals surface area (Å²) in [6.45, 7) is 4.60. The number of fused-ring (bicyclic) bond motifs is 1. The van der Waals surface area contributed by atoms with E-state index in [-0.39, 0.29) is 24.1 Å². The summed E-state index contributed by atoms with van der Waals surface area (Å²) in [6, 6.07) is 5.40. The van der Waals surface area contributed by atoms with Crippen LogP contribution in [0.2, 0.25) is 0 Å². The second-order valence-corrected chi connectivity index (χ2v) is 8.72. The number of imide groups is 1. The monoisotopic (exact) mass is 382 g/mol. The molecule has 28 heavy (non-hydrogen) atoms. The molecule has 1 aliphatic carbocycles. The van der Waals surface area contributed by atoms with Gasteiger partial charge >= 0.3 is 0 Å². The Morgan fingerprint density at radius 1 is 1.18 bits per heavy atom. The van der Waals surface area contributed by atoms with E-state index < -0.39 is 6.04 Å². The molecular weight excluding hydrogens is 356 g/mol. The molecule has 1 aromatic carbocycles. The lowest BCUT2D eigenvalue weighted by Gasteiger charge is -2.56. The minimum Gasteiger partial charge on any atom is -0.322 e. The van der Waals surface area contributed by atoms with Gasteiger partial charge in [0.15, 0.2) is 0 Å². The van der Waals surface area contributed by atoms with Crippen molar-refractivity contribution in [3.63, 3.8) is 0 Å². The van der Waals surface area contributed by atoms with Gasteiger partial charge in [0.05, 0.1) is 0 Å². The van der Waals surface area contributed by atoms with Crippen molar-refractivity contribution in [2.24, 2.45) is 11.3 Å². The highest BCUT2D eigenvalue weighted by atomic mass is 16.2. The predicted octanol–water partition coefficient (Wildman–Crippen LogP) is 0.537. The first-order chi connectivity index (χ1) is 13.6. The molecule has 1 spiro atoms. The van der Waals surface area contributed by atoms with Crippen molar-refractivity contribution in [3.8, 4) is 0 Å². The summed E-state index contributed by atoms with van der Waals surface area (Å²) >= 11 is 0. The van der Waals surface area contributed by atoms with Crippen LogP contribution in [0, 0.1) is 11.3 Å². The molecule has 3 N–H and O–H groups in total. The Balaban J connectivity index is 1.21. The molecule has 5 rings (SSSR count). The maximum atomic E-state index is 12.7. The highest BCUT2D eigenvalue weighted by Gasteiger charge is 2.50. The predicted molar refractivity (Wildman–Crippen MR) is 102 cm³/mol. The summed E-state index contributed by atoms with van der Waals surface area (Å²) in [5.41, 5.74) is 3.36. The summed E-state index contributed by atoms with van der Waals surface area (Å²) in [6.07, 6.45) is 3.35. The maximum absolute atomic E-state index is 12.7. The Labute approximate surface area is 164 Å². The largest absolute Gasteiger partial charge is 0.322 e. The molecule has 0 bridgehead atoms. The lowest BCUT2D eigenvalue weighted by molar-refractivity contribution is -0.136. The van der Waals surface area contributed by atoms with Crippen LogP contribution in [0.5, 0.6) is 0 Å². The molecule has 0 aromatic heterocycles. The topological polar surface area (TPSA) is 90.5 Å². The summed E-state index contributed by atoms with van der Waals surface area (Å²) in [5, 5.41) is 9.33. The van der Waals surface area contributed by atoms with Gasteiger partial charge in [-0.2, -0.15) is 0 Å². The zero-order valence-corrected chi connectivity index (χ0v) is 15.9. The zero-order valence-electron chi connectivity index (χ0n) is 15.9. The average Bonchev–Trinajstić information content (AvgIpc) is 2.92. The number of hydrogen-bond donors (Lipinski definition) is 3. The molecule has 4 aliphatic rings. The number of benzene rings is 1. The van der Waals surface area contributed by atoms with Crippen molar-refractivity contribution < 1.29 is 14.4 Å². The van der Waals surface area contributed by atoms with Crippen LogP contribution in [0.3, 0.4) is 0 Å². The fourth-order valence-corrected chi connectivity index (χ4v) is 5.12. The van der Waals surface area contributed by atoms with Crippen molar-refractivity contribution in [1.29, 1.82) is 0 Å². The molecule has 3 aliphatic heterocycles. The van der Waals surface area contributed by atoms with E-state index in [1.807, 2.05) is 12.1 Å². The third kappa shape index (κ3) is 2.84. The van der Waals surface area contributed by atoms with Gasteiger partial charge in [0.25, 0.3) is 5.91 Å². The minimum atomic E-state index is -0.551. The van der Waals surface area contributed by atoms with Gasteiger partial charge in [0.1, 0.15) is 6.04 Å². The van der Waals surface area contributed by atoms with E-state index in [0.29, 0.717) is 23.9 Å². The van der Waals surface area contributed by atoms with Crippen LogP contribution in [-0.4, -0.2) is 48.3 Å². The van der Waals surface area contributed by atoms with Crippen LogP contribution in [0.15, 0.2) is 18.2 Å². The molecule has 3 heterocycles. The van der Waals surface area contributed by atoms with Gasteiger partial charge in [0, 0.05) is 38.2 Å². The third-order valence-electron chi connectivity index (χ3n) is 7.12. The smallest absolute Gasteiger partial charge is 0.255 e. The first-order valence-electron chi connectivity index (χ1n) is 10.2. The molecule has 0 radical (unpaired) electrons. The first kappa shape index (κ1) is 17.8. The number of amides is 3. The van der Waals surface area contributed by atoms with E-state index in [9.17, 15) is 14.4 Å². The molecule has 7 heteroatoms. The molecule has 3 fully saturated rings. The number of nitrogens with one attached hydrogen (secondary N) is 3. The molecular formula is C21H26N4O3. The van der Waals surface area contributed by atoms with Crippen LogP contribution < -0.4 is 16.0 Å². The number of nitrogens with zero attached hydrogens (tertiary/aromatic N) is 1. The van der Waals surface area contributed by atoms with Gasteiger partial charge in [-0.05, 0) is 54.3 Å². The van der Waals surface area contributed by atoms with Gasteiger partial charge in [-0.25, -0.2) is 0 Å². The highest BCUT2D eigenvalue weighted by molar-refractivity contribution is 6.05. The van der Waals surface area contributed by atoms with Crippen LogP contribution in [0.4, 0.5) is 0 Å². The van der Waals surface area contributed by atoms with E-state index >= 15 is 0 Å². The van der Waals surface area contributed by atoms with E-state index in [2.05, 4.69) is 22.0 Å². The lowest BCUT2D eigenvalue weighted by atomic mass is 9.56.